The minimum absolute atomic E-state index is 0.333. The summed E-state index contributed by atoms with van der Waals surface area (Å²) in [6.07, 6.45) is -4.16. The Balaban J connectivity index is 2.81. The zero-order chi connectivity index (χ0) is 14.5. The van der Waals surface area contributed by atoms with E-state index in [-0.39, 0.29) is 0 Å². The molecule has 0 aliphatic carbocycles. The second-order valence-corrected chi connectivity index (χ2v) is 4.80. The molecule has 1 N–H and O–H groups in total. The van der Waals surface area contributed by atoms with Gasteiger partial charge in [-0.05, 0) is 37.6 Å². The zero-order valence-electron chi connectivity index (χ0n) is 11.6. The summed E-state index contributed by atoms with van der Waals surface area (Å²) in [5.74, 6) is 0. The third-order valence-electron chi connectivity index (χ3n) is 3.11. The van der Waals surface area contributed by atoms with Gasteiger partial charge in [-0.15, -0.1) is 0 Å². The van der Waals surface area contributed by atoms with E-state index in [0.29, 0.717) is 19.6 Å². The van der Waals surface area contributed by atoms with Crippen LogP contribution in [-0.4, -0.2) is 37.8 Å². The summed E-state index contributed by atoms with van der Waals surface area (Å²) in [5, 5.41) is 2.89. The molecule has 0 saturated heterocycles. The second-order valence-electron chi connectivity index (χ2n) is 4.80. The number of rotatable bonds is 6. The van der Waals surface area contributed by atoms with E-state index in [9.17, 15) is 13.2 Å². The standard InChI is InChI=1S/C14H21F3N2/c1-11-5-4-6-12(2)13(11)9-19(8-7-18-3)10-14(15,16)17/h4-6,18H,7-10H2,1-3H3. The third kappa shape index (κ3) is 5.61. The molecule has 0 aliphatic heterocycles. The Hall–Kier alpha value is -1.07. The zero-order valence-corrected chi connectivity index (χ0v) is 11.6. The van der Waals surface area contributed by atoms with E-state index < -0.39 is 12.7 Å². The maximum Gasteiger partial charge on any atom is 0.401 e. The van der Waals surface area contributed by atoms with Crippen LogP contribution in [0.1, 0.15) is 16.7 Å². The van der Waals surface area contributed by atoms with Gasteiger partial charge in [-0.25, -0.2) is 0 Å². The van der Waals surface area contributed by atoms with Crippen molar-refractivity contribution < 1.29 is 13.2 Å². The van der Waals surface area contributed by atoms with Gasteiger partial charge >= 0.3 is 6.18 Å². The molecule has 108 valence electrons. The summed E-state index contributed by atoms with van der Waals surface area (Å²) in [5.41, 5.74) is 3.07. The quantitative estimate of drug-likeness (QED) is 0.858. The minimum Gasteiger partial charge on any atom is -0.318 e. The number of nitrogens with one attached hydrogen (secondary N) is 1. The number of aryl methyl sites for hydroxylation is 2. The summed E-state index contributed by atoms with van der Waals surface area (Å²) >= 11 is 0. The Labute approximate surface area is 112 Å². The molecule has 1 rings (SSSR count). The van der Waals surface area contributed by atoms with Gasteiger partial charge in [0.25, 0.3) is 0 Å². The molecule has 0 unspecified atom stereocenters. The number of halogens is 3. The largest absolute Gasteiger partial charge is 0.401 e. The van der Waals surface area contributed by atoms with Crippen LogP contribution >= 0.6 is 0 Å². The fourth-order valence-electron chi connectivity index (χ4n) is 2.06. The van der Waals surface area contributed by atoms with Crippen LogP contribution in [0.25, 0.3) is 0 Å². The molecular weight excluding hydrogens is 253 g/mol. The number of hydrogen-bond donors (Lipinski definition) is 1. The predicted molar refractivity (Wildman–Crippen MR) is 71.2 cm³/mol. The minimum atomic E-state index is -4.16. The second kappa shape index (κ2) is 6.91. The van der Waals surface area contributed by atoms with Gasteiger partial charge in [-0.1, -0.05) is 18.2 Å². The Morgan fingerprint density at radius 2 is 1.74 bits per heavy atom. The molecule has 0 fully saturated rings. The topological polar surface area (TPSA) is 15.3 Å². The molecule has 0 aromatic heterocycles. The number of benzene rings is 1. The van der Waals surface area contributed by atoms with Crippen molar-refractivity contribution in [3.05, 3.63) is 34.9 Å². The van der Waals surface area contributed by atoms with Crippen LogP contribution < -0.4 is 5.32 Å². The molecule has 5 heteroatoms. The highest BCUT2D eigenvalue weighted by Gasteiger charge is 2.30. The van der Waals surface area contributed by atoms with E-state index >= 15 is 0 Å². The molecule has 1 aromatic rings. The Morgan fingerprint density at radius 3 is 2.21 bits per heavy atom. The lowest BCUT2D eigenvalue weighted by atomic mass is 10.0. The van der Waals surface area contributed by atoms with Crippen LogP contribution in [0.2, 0.25) is 0 Å². The highest BCUT2D eigenvalue weighted by Crippen LogP contribution is 2.20. The molecule has 2 nitrogen and oxygen atoms in total. The first-order chi connectivity index (χ1) is 8.83. The highest BCUT2D eigenvalue weighted by atomic mass is 19.4. The molecule has 0 heterocycles. The number of alkyl halides is 3. The van der Waals surface area contributed by atoms with E-state index in [1.165, 1.54) is 4.90 Å². The number of hydrogen-bond acceptors (Lipinski definition) is 2. The predicted octanol–water partition coefficient (Wildman–Crippen LogP) is 2.89. The van der Waals surface area contributed by atoms with Crippen molar-refractivity contribution in [3.8, 4) is 0 Å². The van der Waals surface area contributed by atoms with Gasteiger partial charge in [0.1, 0.15) is 0 Å². The van der Waals surface area contributed by atoms with Gasteiger partial charge in [-0.2, -0.15) is 13.2 Å². The molecule has 0 amide bonds. The van der Waals surface area contributed by atoms with Gasteiger partial charge in [0, 0.05) is 19.6 Å². The Kier molecular flexibility index (Phi) is 5.82. The van der Waals surface area contributed by atoms with Crippen molar-refractivity contribution in [1.82, 2.24) is 10.2 Å². The van der Waals surface area contributed by atoms with E-state index in [4.69, 9.17) is 0 Å². The van der Waals surface area contributed by atoms with Crippen molar-refractivity contribution in [2.45, 2.75) is 26.6 Å². The van der Waals surface area contributed by atoms with Crippen molar-refractivity contribution in [3.63, 3.8) is 0 Å². The molecular formula is C14H21F3N2. The molecule has 19 heavy (non-hydrogen) atoms. The molecule has 0 aliphatic rings. The lowest BCUT2D eigenvalue weighted by Crippen LogP contribution is -2.38. The Bertz CT molecular complexity index is 382. The van der Waals surface area contributed by atoms with E-state index in [1.807, 2.05) is 32.0 Å². The average molecular weight is 274 g/mol. The van der Waals surface area contributed by atoms with Crippen LogP contribution in [-0.2, 0) is 6.54 Å². The summed E-state index contributed by atoms with van der Waals surface area (Å²) < 4.78 is 37.7. The molecule has 1 aromatic carbocycles. The average Bonchev–Trinajstić information content (AvgIpc) is 2.29. The van der Waals surface area contributed by atoms with Crippen molar-refractivity contribution in [2.24, 2.45) is 0 Å². The smallest absolute Gasteiger partial charge is 0.318 e. The van der Waals surface area contributed by atoms with E-state index in [0.717, 1.165) is 16.7 Å². The summed E-state index contributed by atoms with van der Waals surface area (Å²) in [7, 11) is 1.74. The number of likely N-dealkylation sites (N-methyl/N-ethyl adjacent to an activating group) is 1. The summed E-state index contributed by atoms with van der Waals surface area (Å²) in [6.45, 7) is 4.26. The van der Waals surface area contributed by atoms with E-state index in [2.05, 4.69) is 5.32 Å². The van der Waals surface area contributed by atoms with Gasteiger partial charge < -0.3 is 5.32 Å². The highest BCUT2D eigenvalue weighted by molar-refractivity contribution is 5.33. The van der Waals surface area contributed by atoms with Crippen LogP contribution in [0.3, 0.4) is 0 Å². The fraction of sp³-hybridized carbons (Fsp3) is 0.571. The third-order valence-corrected chi connectivity index (χ3v) is 3.11. The first kappa shape index (κ1) is 16.0. The lowest BCUT2D eigenvalue weighted by Gasteiger charge is -2.25. The van der Waals surface area contributed by atoms with E-state index in [1.54, 1.807) is 7.05 Å². The first-order valence-corrected chi connectivity index (χ1v) is 6.32. The molecule has 0 spiro atoms. The normalized spacial score (nSPS) is 12.2. The van der Waals surface area contributed by atoms with Crippen molar-refractivity contribution in [2.75, 3.05) is 26.7 Å². The first-order valence-electron chi connectivity index (χ1n) is 6.32. The van der Waals surface area contributed by atoms with Gasteiger partial charge in [0.15, 0.2) is 0 Å². The van der Waals surface area contributed by atoms with Gasteiger partial charge in [0.2, 0.25) is 0 Å². The van der Waals surface area contributed by atoms with Crippen LogP contribution in [0.4, 0.5) is 13.2 Å². The molecule has 0 saturated carbocycles. The summed E-state index contributed by atoms with van der Waals surface area (Å²) in [4.78, 5) is 1.44. The van der Waals surface area contributed by atoms with Crippen molar-refractivity contribution in [1.29, 1.82) is 0 Å². The van der Waals surface area contributed by atoms with Crippen LogP contribution in [0.5, 0.6) is 0 Å². The molecule has 0 radical (unpaired) electrons. The number of nitrogens with zero attached hydrogens (tertiary/aromatic N) is 1. The van der Waals surface area contributed by atoms with Crippen LogP contribution in [0.15, 0.2) is 18.2 Å². The lowest BCUT2D eigenvalue weighted by molar-refractivity contribution is -0.147. The SMILES string of the molecule is CNCCN(Cc1c(C)cccc1C)CC(F)(F)F. The Morgan fingerprint density at radius 1 is 1.16 bits per heavy atom. The van der Waals surface area contributed by atoms with Crippen molar-refractivity contribution >= 4 is 0 Å². The molecule has 0 atom stereocenters. The van der Waals surface area contributed by atoms with Gasteiger partial charge in [0.05, 0.1) is 6.54 Å². The monoisotopic (exact) mass is 274 g/mol. The maximum atomic E-state index is 12.6. The molecule has 0 bridgehead atoms. The maximum absolute atomic E-state index is 12.6. The fourth-order valence-corrected chi connectivity index (χ4v) is 2.06. The van der Waals surface area contributed by atoms with Crippen LogP contribution in [0, 0.1) is 13.8 Å². The van der Waals surface area contributed by atoms with Gasteiger partial charge in [-0.3, -0.25) is 4.90 Å². The summed E-state index contributed by atoms with van der Waals surface area (Å²) in [6, 6.07) is 5.80.